The number of aryl methyl sites for hydroxylation is 4. The molecule has 30 rings (SSSR count). The molecule has 0 bridgehead atoms. The summed E-state index contributed by atoms with van der Waals surface area (Å²) < 4.78 is 16.5. The minimum Gasteiger partial charge on any atom is -0.309 e. The van der Waals surface area contributed by atoms with Crippen molar-refractivity contribution in [3.8, 4) is 0 Å². The molecule has 0 aliphatic carbocycles. The summed E-state index contributed by atoms with van der Waals surface area (Å²) in [6, 6.07) is 104. The van der Waals surface area contributed by atoms with Gasteiger partial charge in [-0.2, -0.15) is 19.9 Å². The number of hydrogen-bond acceptors (Lipinski definition) is 19. The van der Waals surface area contributed by atoms with E-state index < -0.39 is 53.3 Å². The highest BCUT2D eigenvalue weighted by molar-refractivity contribution is 6.38. The lowest BCUT2D eigenvalue weighted by molar-refractivity contribution is 0.0879. The summed E-state index contributed by atoms with van der Waals surface area (Å²) in [5.41, 5.74) is 13.5. The van der Waals surface area contributed by atoms with Crippen molar-refractivity contribution in [3.05, 3.63) is 431 Å². The molecule has 0 spiro atoms. The maximum Gasteiger partial charge on any atom is 0.334 e. The first-order valence-corrected chi connectivity index (χ1v) is 47.5. The molecule has 146 heavy (non-hydrogen) atoms. The number of anilines is 3. The van der Waals surface area contributed by atoms with Gasteiger partial charge in [0.15, 0.2) is 16.9 Å². The third kappa shape index (κ3) is 12.8. The van der Waals surface area contributed by atoms with Crippen LogP contribution in [0.15, 0.2) is 369 Å². The number of rotatable bonds is 11. The van der Waals surface area contributed by atoms with E-state index in [2.05, 4.69) is 46.0 Å². The van der Waals surface area contributed by atoms with Crippen LogP contribution in [0, 0.1) is 0 Å². The summed E-state index contributed by atoms with van der Waals surface area (Å²) in [7, 11) is 0. The Morgan fingerprint density at radius 2 is 0.527 bits per heavy atom. The number of hydrogen-bond donors (Lipinski definition) is 0. The molecule has 16 aromatic carbocycles. The fraction of sp³-hybridized carbons (Fsp3) is 0.0696. The highest BCUT2D eigenvalue weighted by atomic mass is 16.2. The Morgan fingerprint density at radius 3 is 0.904 bits per heavy atom. The van der Waals surface area contributed by atoms with Gasteiger partial charge in [-0.25, -0.2) is 57.2 Å². The van der Waals surface area contributed by atoms with E-state index in [1.807, 2.05) is 223 Å². The predicted octanol–water partition coefficient (Wildman–Crippen LogP) is 17.3. The Morgan fingerprint density at radius 1 is 0.233 bits per heavy atom. The molecule has 6 amide bonds. The zero-order valence-electron chi connectivity index (χ0n) is 76.9. The SMILES string of the molecule is O=C1c2cccc3cccc(c23)C(=O)N1c1nc(N2C(=O)c3cccc4cccc(c34)C2=O)nc(N2C(=O)c3cccc4cccc(c34)C2=O)n1.O=c1c2cccc3cccc(c4n1CCN=4)c32.O=c1n(CCCn2c(=O)n3c4ccccc4nc3c3ccccc32)c2ccccc2c2nc3ccccc3n12.O=c1nc2n(CCCn3c(=O)n4c5ccccc5nc4c4ccccc43)c3ccccc3n2c2ccccc12. The number of carbonyl (C=O) groups is 6. The van der Waals surface area contributed by atoms with Crippen molar-refractivity contribution in [3.63, 3.8) is 0 Å². The molecule has 0 fully saturated rings. The van der Waals surface area contributed by atoms with Crippen LogP contribution in [0.1, 0.15) is 75.0 Å². The molecule has 0 radical (unpaired) electrons. The second kappa shape index (κ2) is 33.0. The van der Waals surface area contributed by atoms with Crippen LogP contribution < -0.4 is 48.4 Å². The normalized spacial score (nSPS) is 13.4. The minimum absolute atomic E-state index is 0.0885. The highest BCUT2D eigenvalue weighted by Gasteiger charge is 2.44. The summed E-state index contributed by atoms with van der Waals surface area (Å²) in [5, 5.41) is 10.8. The lowest BCUT2D eigenvalue weighted by Crippen LogP contribution is -2.46. The molecule has 0 saturated heterocycles. The second-order valence-corrected chi connectivity index (χ2v) is 36.1. The van der Waals surface area contributed by atoms with Gasteiger partial charge in [-0.05, 0) is 174 Å². The summed E-state index contributed by atoms with van der Waals surface area (Å²) >= 11 is 0. The van der Waals surface area contributed by atoms with Crippen LogP contribution in [-0.2, 0) is 32.7 Å². The molecule has 0 unspecified atom stereocenters. The summed E-state index contributed by atoms with van der Waals surface area (Å²) in [6.45, 7) is 3.41. The maximum atomic E-state index is 14.1. The average molecular weight is 1910 g/mol. The monoisotopic (exact) mass is 1910 g/mol. The molecule has 10 aromatic heterocycles. The second-order valence-electron chi connectivity index (χ2n) is 36.1. The van der Waals surface area contributed by atoms with Gasteiger partial charge in [0.1, 0.15) is 5.49 Å². The number of imide groups is 3. The standard InChI is InChI=1S/C39H18N6O6.2C31H22N6O2.C14H10N2O/c46-31-22-13-1-7-19-8-2-14-23(28(19)22)32(47)43(31)37-40-38(44-33(48)24-15-3-9-20-10-4-16-25(29(20)24)34(44)49)42-39(41-37)45-35(50)26-17-5-11-21-12-6-18-27(30(21)26)36(45)51;38-30-34(24-14-5-1-10-20(24)28-32-22-12-3-7-16-26(22)36(28)30)18-9-19-35-25-15-6-2-11-21(25)29-33-23-13-4-8-17-27(23)37(29)31(35)39;38-29-21-11-2-5-14-24(21)36-27-17-8-7-16-26(27)34(30(36)33-29)18-9-19-35-23-13-4-1-10-20(23)28-32-22-12-3-6-15-25(22)37(28)31(35)39;17-14-11-6-2-4-9-3-1-5-10(12(9)11)13-15-7-8-16(13)14/h1-18H;2*1-8,10-17H,9,18-19H2;1-6H,7-8H2. The molecular weight excluding hydrogens is 1840 g/mol. The van der Waals surface area contributed by atoms with E-state index >= 15 is 0 Å². The van der Waals surface area contributed by atoms with Gasteiger partial charge >= 0.3 is 17.1 Å². The molecule has 31 nitrogen and oxygen atoms in total. The number of benzene rings is 16. The Kier molecular flexibility index (Phi) is 19.3. The van der Waals surface area contributed by atoms with E-state index in [1.165, 1.54) is 0 Å². The fourth-order valence-corrected chi connectivity index (χ4v) is 21.8. The highest BCUT2D eigenvalue weighted by Crippen LogP contribution is 2.40. The maximum absolute atomic E-state index is 14.1. The number of fused-ring (bicyclic) bond motifs is 22. The molecule has 0 saturated carbocycles. The van der Waals surface area contributed by atoms with Crippen molar-refractivity contribution >= 4 is 218 Å². The Bertz CT molecular complexity index is 10200. The lowest BCUT2D eigenvalue weighted by Gasteiger charge is -2.30. The number of aromatic nitrogens is 16. The van der Waals surface area contributed by atoms with Gasteiger partial charge in [0.05, 0.1) is 78.1 Å². The summed E-state index contributed by atoms with van der Waals surface area (Å²) in [5.74, 6) is -5.89. The number of carbonyl (C=O) groups excluding carboxylic acids is 6. The third-order valence-corrected chi connectivity index (χ3v) is 28.2. The van der Waals surface area contributed by atoms with Crippen molar-refractivity contribution < 1.29 is 28.8 Å². The average Bonchev–Trinajstić information content (AvgIpc) is 1.38. The summed E-state index contributed by atoms with van der Waals surface area (Å²) in [4.78, 5) is 190. The predicted molar refractivity (Wildman–Crippen MR) is 560 cm³/mol. The van der Waals surface area contributed by atoms with Gasteiger partial charge in [0, 0.05) is 115 Å². The van der Waals surface area contributed by atoms with Crippen molar-refractivity contribution in [2.24, 2.45) is 4.99 Å². The molecule has 31 heteroatoms. The smallest absolute Gasteiger partial charge is 0.309 e. The van der Waals surface area contributed by atoms with Crippen LogP contribution in [0.3, 0.4) is 0 Å². The van der Waals surface area contributed by atoms with Crippen LogP contribution in [0.25, 0.3) is 164 Å². The quantitative estimate of drug-likeness (QED) is 0.109. The van der Waals surface area contributed by atoms with Gasteiger partial charge in [-0.3, -0.25) is 66.0 Å². The van der Waals surface area contributed by atoms with Gasteiger partial charge in [-0.1, -0.05) is 200 Å². The Labute approximate surface area is 819 Å². The van der Waals surface area contributed by atoms with Crippen molar-refractivity contribution in [2.75, 3.05) is 21.2 Å². The first-order chi connectivity index (χ1) is 71.6. The number of pyridine rings is 1. The first kappa shape index (κ1) is 85.1. The van der Waals surface area contributed by atoms with E-state index in [9.17, 15) is 52.7 Å². The molecule has 698 valence electrons. The van der Waals surface area contributed by atoms with E-state index in [-0.39, 0.29) is 61.6 Å². The van der Waals surface area contributed by atoms with Gasteiger partial charge in [0.25, 0.3) is 46.6 Å². The van der Waals surface area contributed by atoms with E-state index in [0.717, 1.165) is 109 Å². The van der Waals surface area contributed by atoms with E-state index in [1.54, 1.807) is 136 Å². The molecule has 4 aliphatic rings. The van der Waals surface area contributed by atoms with Crippen LogP contribution in [-0.4, -0.2) is 117 Å². The largest absolute Gasteiger partial charge is 0.334 e. The number of para-hydroxylation sites is 12. The van der Waals surface area contributed by atoms with Crippen molar-refractivity contribution in [2.45, 2.75) is 45.6 Å². The summed E-state index contributed by atoms with van der Waals surface area (Å²) in [6.07, 6.45) is 1.25. The van der Waals surface area contributed by atoms with Gasteiger partial charge in [0.2, 0.25) is 23.6 Å². The lowest BCUT2D eigenvalue weighted by atomic mass is 9.94. The van der Waals surface area contributed by atoms with Gasteiger partial charge < -0.3 is 4.57 Å². The zero-order chi connectivity index (χ0) is 98.3. The van der Waals surface area contributed by atoms with E-state index in [0.29, 0.717) is 127 Å². The van der Waals surface area contributed by atoms with E-state index in [4.69, 9.17) is 15.0 Å². The van der Waals surface area contributed by atoms with Crippen molar-refractivity contribution in [1.82, 2.24) is 75.3 Å². The molecule has 0 N–H and O–H groups in total. The Hall–Kier alpha value is -20.1. The number of imidazole rings is 4. The van der Waals surface area contributed by atoms with Crippen LogP contribution in [0.5, 0.6) is 0 Å². The zero-order valence-corrected chi connectivity index (χ0v) is 76.9. The molecule has 14 heterocycles. The number of amides is 6. The Balaban J connectivity index is 0.000000101. The fourth-order valence-electron chi connectivity index (χ4n) is 21.8. The molecule has 26 aromatic rings. The van der Waals surface area contributed by atoms with Crippen LogP contribution in [0.2, 0.25) is 0 Å². The van der Waals surface area contributed by atoms with Crippen LogP contribution in [0.4, 0.5) is 17.8 Å². The first-order valence-electron chi connectivity index (χ1n) is 47.5. The molecule has 0 atom stereocenters. The minimum atomic E-state index is -0.787. The van der Waals surface area contributed by atoms with Crippen molar-refractivity contribution in [1.29, 1.82) is 0 Å². The topological polar surface area (TPSA) is 342 Å². The number of nitrogens with zero attached hydrogens (tertiary/aromatic N) is 20. The molecule has 4 aliphatic heterocycles. The van der Waals surface area contributed by atoms with Crippen LogP contribution >= 0.6 is 0 Å². The van der Waals surface area contributed by atoms with Gasteiger partial charge in [-0.15, -0.1) is 0 Å². The third-order valence-electron chi connectivity index (χ3n) is 28.2. The molecular formula is C115H72N20O11.